The van der Waals surface area contributed by atoms with Gasteiger partial charge in [0.05, 0.1) is 0 Å². The van der Waals surface area contributed by atoms with Crippen molar-refractivity contribution in [1.29, 1.82) is 0 Å². The molecule has 0 nitrogen and oxygen atoms in total. The lowest BCUT2D eigenvalue weighted by Gasteiger charge is -2.47. The molecule has 0 fully saturated rings. The van der Waals surface area contributed by atoms with Crippen molar-refractivity contribution < 1.29 is 0 Å². The van der Waals surface area contributed by atoms with Crippen LogP contribution in [0.15, 0.2) is 295 Å². The van der Waals surface area contributed by atoms with Gasteiger partial charge in [-0.2, -0.15) is 0 Å². The molecule has 0 aromatic heterocycles. The van der Waals surface area contributed by atoms with Gasteiger partial charge in [-0.1, -0.05) is 296 Å². The molecule has 0 heterocycles. The third-order valence-corrected chi connectivity index (χ3v) is 25.5. The molecule has 0 N–H and O–H groups in total. The molecule has 1 atom stereocenters. The molecule has 0 saturated carbocycles. The van der Waals surface area contributed by atoms with Gasteiger partial charge >= 0.3 is 0 Å². The Morgan fingerprint density at radius 1 is 0.205 bits per heavy atom. The first-order valence-electron chi connectivity index (χ1n) is 31.4. The maximum atomic E-state index is 2.57. The Labute approximate surface area is 524 Å². The number of hydrogen-bond donors (Lipinski definition) is 0. The van der Waals surface area contributed by atoms with Crippen molar-refractivity contribution in [1.82, 2.24) is 0 Å². The van der Waals surface area contributed by atoms with Crippen LogP contribution >= 0.6 is 0 Å². The summed E-state index contributed by atoms with van der Waals surface area (Å²) in [5.74, 6) is 0.0331. The minimum Gasteiger partial charge on any atom is -0.0636 e. The van der Waals surface area contributed by atoms with Gasteiger partial charge in [0.25, 0.3) is 0 Å². The lowest BCUT2D eigenvalue weighted by molar-refractivity contribution is 0.851. The van der Waals surface area contributed by atoms with Gasteiger partial charge in [-0.3, -0.25) is 0 Å². The van der Waals surface area contributed by atoms with Crippen LogP contribution in [0.25, 0.3) is 100 Å². The zero-order valence-corrected chi connectivity index (χ0v) is 53.6. The molecule has 0 amide bonds. The topological polar surface area (TPSA) is 0 Å². The van der Waals surface area contributed by atoms with E-state index in [1.807, 2.05) is 0 Å². The van der Waals surface area contributed by atoms with E-state index in [0.29, 0.717) is 0 Å². The first-order chi connectivity index (χ1) is 42.9. The monoisotopic (exact) mass is 1150 g/mol. The van der Waals surface area contributed by atoms with Gasteiger partial charge in [0.15, 0.2) is 8.07 Å². The zero-order valence-electron chi connectivity index (χ0n) is 52.6. The van der Waals surface area contributed by atoms with Crippen molar-refractivity contribution >= 4 is 23.6 Å². The van der Waals surface area contributed by atoms with Crippen molar-refractivity contribution in [2.75, 3.05) is 0 Å². The van der Waals surface area contributed by atoms with Crippen LogP contribution in [0, 0.1) is 47.5 Å². The highest BCUT2D eigenvalue weighted by Crippen LogP contribution is 2.53. The van der Waals surface area contributed by atoms with Crippen molar-refractivity contribution in [3.8, 4) is 100 Å². The molecule has 12 aromatic rings. The van der Waals surface area contributed by atoms with Crippen LogP contribution in [0.3, 0.4) is 0 Å². The Morgan fingerprint density at radius 3 is 0.568 bits per heavy atom. The molecule has 0 radical (unpaired) electrons. The van der Waals surface area contributed by atoms with E-state index in [1.165, 1.54) is 171 Å². The first-order valence-corrected chi connectivity index (χ1v) is 33.4. The summed E-state index contributed by atoms with van der Waals surface area (Å²) in [5, 5.41) is 5.81. The van der Waals surface area contributed by atoms with Crippen molar-refractivity contribution in [3.05, 3.63) is 328 Å². The standard InChI is InChI=1S/C87H76Si/c1-56-57(2)59(4)84(58(56)3)88(85-63(8)75(66-38-20-11-21-39-66)60(5)78(69-44-26-14-27-45-69)81(85)72-50-32-17-33-51-72,86-64(9)76(67-40-22-12-23-41-67)61(6)79(70-46-28-15-29-47-70)82(86)73-52-34-18-35-53-73)87-65(10)77(68-42-24-13-25-43-68)62(7)80(71-48-30-16-31-49-71)83(87)74-54-36-19-37-55-74/h11-55,58H,1-10H3. The highest BCUT2D eigenvalue weighted by molar-refractivity contribution is 7.19. The number of rotatable bonds is 13. The Bertz CT molecular complexity index is 4180. The summed E-state index contributed by atoms with van der Waals surface area (Å²) in [4.78, 5) is 0. The molecule has 428 valence electrons. The largest absolute Gasteiger partial charge is 0.179 e. The van der Waals surface area contributed by atoms with Crippen LogP contribution in [0.2, 0.25) is 0 Å². The summed E-state index contributed by atoms with van der Waals surface area (Å²) in [6.45, 7) is 24.8. The van der Waals surface area contributed by atoms with E-state index in [2.05, 4.69) is 342 Å². The molecule has 1 aliphatic rings. The van der Waals surface area contributed by atoms with Gasteiger partial charge in [0, 0.05) is 0 Å². The summed E-state index contributed by atoms with van der Waals surface area (Å²) >= 11 is 0. The third kappa shape index (κ3) is 9.43. The van der Waals surface area contributed by atoms with Gasteiger partial charge < -0.3 is 0 Å². The molecule has 0 spiro atoms. The second-order valence-corrected chi connectivity index (χ2v) is 27.9. The van der Waals surface area contributed by atoms with Gasteiger partial charge in [-0.25, -0.2) is 0 Å². The van der Waals surface area contributed by atoms with Crippen LogP contribution in [0.1, 0.15) is 61.1 Å². The molecule has 0 saturated heterocycles. The van der Waals surface area contributed by atoms with Crippen LogP contribution in [0.4, 0.5) is 0 Å². The van der Waals surface area contributed by atoms with E-state index >= 15 is 0 Å². The summed E-state index contributed by atoms with van der Waals surface area (Å²) < 4.78 is 0. The molecular weight excluding hydrogens is 1070 g/mol. The summed E-state index contributed by atoms with van der Waals surface area (Å²) in [6, 6.07) is 103. The lowest BCUT2D eigenvalue weighted by atomic mass is 9.83. The molecule has 0 aliphatic heterocycles. The van der Waals surface area contributed by atoms with Crippen LogP contribution < -0.4 is 15.6 Å². The van der Waals surface area contributed by atoms with Crippen molar-refractivity contribution in [3.63, 3.8) is 0 Å². The Kier molecular flexibility index (Phi) is 15.6. The van der Waals surface area contributed by atoms with E-state index in [1.54, 1.807) is 0 Å². The van der Waals surface area contributed by atoms with Gasteiger partial charge in [-0.15, -0.1) is 0 Å². The summed E-state index contributed by atoms with van der Waals surface area (Å²) in [6.07, 6.45) is 0. The Hall–Kier alpha value is -9.66. The lowest BCUT2D eigenvalue weighted by Crippen LogP contribution is -2.73. The number of hydrogen-bond acceptors (Lipinski definition) is 0. The molecule has 1 heteroatoms. The third-order valence-electron chi connectivity index (χ3n) is 19.7. The molecule has 1 unspecified atom stereocenters. The van der Waals surface area contributed by atoms with Crippen molar-refractivity contribution in [2.24, 2.45) is 5.92 Å². The fraction of sp³-hybridized carbons (Fsp3) is 0.126. The molecule has 0 bridgehead atoms. The highest BCUT2D eigenvalue weighted by atomic mass is 28.3. The van der Waals surface area contributed by atoms with Crippen LogP contribution in [-0.2, 0) is 0 Å². The smallest absolute Gasteiger partial charge is 0.0636 e. The van der Waals surface area contributed by atoms with Gasteiger partial charge in [0.1, 0.15) is 0 Å². The maximum absolute atomic E-state index is 4.23. The molecule has 88 heavy (non-hydrogen) atoms. The zero-order chi connectivity index (χ0) is 60.8. The fourth-order valence-electron chi connectivity index (χ4n) is 15.9. The van der Waals surface area contributed by atoms with E-state index in [0.717, 1.165) is 0 Å². The molecule has 12 aromatic carbocycles. The summed E-state index contributed by atoms with van der Waals surface area (Å²) in [7, 11) is -4.23. The fourth-order valence-corrected chi connectivity index (χ4v) is 23.1. The molecular formula is C87H76Si. The first kappa shape index (κ1) is 57.4. The predicted molar refractivity (Wildman–Crippen MR) is 382 cm³/mol. The minimum atomic E-state index is -4.23. The van der Waals surface area contributed by atoms with E-state index in [9.17, 15) is 0 Å². The van der Waals surface area contributed by atoms with Crippen molar-refractivity contribution in [2.45, 2.75) is 69.2 Å². The van der Waals surface area contributed by atoms with E-state index in [-0.39, 0.29) is 5.92 Å². The Balaban J connectivity index is 1.49. The molecule has 13 rings (SSSR count). The summed E-state index contributed by atoms with van der Waals surface area (Å²) in [5.41, 5.74) is 34.4. The molecule has 1 aliphatic carbocycles. The highest BCUT2D eigenvalue weighted by Gasteiger charge is 2.56. The van der Waals surface area contributed by atoms with Gasteiger partial charge in [-0.05, 0) is 223 Å². The van der Waals surface area contributed by atoms with Crippen LogP contribution in [-0.4, -0.2) is 8.07 Å². The average molecular weight is 1150 g/mol. The Morgan fingerprint density at radius 2 is 0.386 bits per heavy atom. The SMILES string of the molecule is CC1=C(C)C(C)C([Si](c2c(C)c(-c3ccccc3)c(C)c(-c3ccccc3)c2-c2ccccc2)(c2c(C)c(-c3ccccc3)c(C)c(-c3ccccc3)c2-c2ccccc2)c2c(C)c(-c3ccccc3)c(C)c(-c3ccccc3)c2-c2ccccc2)=C1C. The number of benzene rings is 12. The second kappa shape index (κ2) is 23.9. The maximum Gasteiger partial charge on any atom is 0.179 e. The van der Waals surface area contributed by atoms with Crippen LogP contribution in [0.5, 0.6) is 0 Å². The average Bonchev–Trinajstić information content (AvgIpc) is 0.996. The second-order valence-electron chi connectivity index (χ2n) is 24.4. The van der Waals surface area contributed by atoms with E-state index < -0.39 is 8.07 Å². The quantitative estimate of drug-likeness (QED) is 0.0797. The predicted octanol–water partition coefficient (Wildman–Crippen LogP) is 21.9. The van der Waals surface area contributed by atoms with E-state index in [4.69, 9.17) is 0 Å². The van der Waals surface area contributed by atoms with Gasteiger partial charge in [0.2, 0.25) is 0 Å². The normalized spacial score (nSPS) is 13.4. The number of allylic oxidation sites excluding steroid dienone is 4. The minimum absolute atomic E-state index is 0.0331.